The maximum absolute atomic E-state index is 14.6. The van der Waals surface area contributed by atoms with Crippen molar-refractivity contribution in [2.75, 3.05) is 31.9 Å². The molecule has 16 nitrogen and oxygen atoms in total. The number of anilines is 1. The van der Waals surface area contributed by atoms with E-state index >= 15 is 0 Å². The van der Waals surface area contributed by atoms with Crippen molar-refractivity contribution in [3.05, 3.63) is 120 Å². The van der Waals surface area contributed by atoms with Crippen molar-refractivity contribution in [3.8, 4) is 33.6 Å². The first-order chi connectivity index (χ1) is 26.2. The maximum atomic E-state index is 14.6. The molecule has 8 N–H and O–H groups in total. The van der Waals surface area contributed by atoms with Crippen molar-refractivity contribution in [2.45, 2.75) is 12.8 Å². The lowest BCUT2D eigenvalue weighted by atomic mass is 10.0. The summed E-state index contributed by atoms with van der Waals surface area (Å²) in [5.74, 6) is -2.51. The number of carbonyl (C=O) groups excluding carboxylic acids is 4. The van der Waals surface area contributed by atoms with Crippen molar-refractivity contribution < 1.29 is 23.6 Å². The monoisotopic (exact) mass is 730 g/mol. The molecule has 0 radical (unpaired) electrons. The van der Waals surface area contributed by atoms with Crippen LogP contribution in [-0.4, -0.2) is 85.2 Å². The van der Waals surface area contributed by atoms with E-state index in [2.05, 4.69) is 56.6 Å². The zero-order chi connectivity index (χ0) is 37.9. The molecular weight excluding hydrogens is 695 g/mol. The van der Waals surface area contributed by atoms with Gasteiger partial charge in [0, 0.05) is 49.1 Å². The Labute approximate surface area is 307 Å². The van der Waals surface area contributed by atoms with Gasteiger partial charge in [0.25, 0.3) is 23.6 Å². The number of hydrogen-bond donors (Lipinski definition) is 7. The number of carbonyl (C=O) groups is 4. The Kier molecular flexibility index (Phi) is 11.7. The van der Waals surface area contributed by atoms with Gasteiger partial charge in [-0.1, -0.05) is 54.6 Å². The van der Waals surface area contributed by atoms with E-state index in [4.69, 9.17) is 5.73 Å². The fourth-order valence-corrected chi connectivity index (χ4v) is 5.23. The SMILES string of the molecule is Nc1cncc(C(=O)NCCCNC(=O)c2cc(-c3ccc(-c4cnc(F)c(C(=O)NCCCNC(=O)c5cc(-c6ccccc6)n[nH]5)c4)cc3)n[nH]2)n1. The number of nitrogens with two attached hydrogens (primary N) is 1. The van der Waals surface area contributed by atoms with Crippen molar-refractivity contribution >= 4 is 29.4 Å². The van der Waals surface area contributed by atoms with Gasteiger partial charge in [-0.3, -0.25) is 34.4 Å². The minimum Gasteiger partial charge on any atom is -0.382 e. The van der Waals surface area contributed by atoms with Crippen molar-refractivity contribution in [1.82, 2.24) is 56.6 Å². The third kappa shape index (κ3) is 9.32. The molecule has 4 amide bonds. The molecule has 0 fully saturated rings. The molecule has 0 spiro atoms. The van der Waals surface area contributed by atoms with Gasteiger partial charge in [-0.25, -0.2) is 9.97 Å². The normalized spacial score (nSPS) is 10.8. The number of halogens is 1. The van der Waals surface area contributed by atoms with Crippen LogP contribution in [0.1, 0.15) is 54.7 Å². The Morgan fingerprint density at radius 2 is 1.15 bits per heavy atom. The summed E-state index contributed by atoms with van der Waals surface area (Å²) < 4.78 is 14.6. The van der Waals surface area contributed by atoms with Crippen LogP contribution in [0.3, 0.4) is 0 Å². The van der Waals surface area contributed by atoms with Gasteiger partial charge in [0.15, 0.2) is 0 Å². The van der Waals surface area contributed by atoms with Gasteiger partial charge < -0.3 is 27.0 Å². The second kappa shape index (κ2) is 17.3. The summed E-state index contributed by atoms with van der Waals surface area (Å²) in [6.45, 7) is 1.08. The average Bonchev–Trinajstić information content (AvgIpc) is 3.90. The predicted octanol–water partition coefficient (Wildman–Crippen LogP) is 3.14. The van der Waals surface area contributed by atoms with Crippen molar-refractivity contribution in [2.24, 2.45) is 0 Å². The number of amides is 4. The third-order valence-corrected chi connectivity index (χ3v) is 8.05. The Balaban J connectivity index is 0.942. The maximum Gasteiger partial charge on any atom is 0.271 e. The van der Waals surface area contributed by atoms with Crippen LogP contribution in [0.4, 0.5) is 10.2 Å². The summed E-state index contributed by atoms with van der Waals surface area (Å²) in [5.41, 5.74) is 9.98. The third-order valence-electron chi connectivity index (χ3n) is 8.05. The van der Waals surface area contributed by atoms with Crippen molar-refractivity contribution in [1.29, 1.82) is 0 Å². The molecular formula is C37H35FN12O4. The minimum atomic E-state index is -0.908. The van der Waals surface area contributed by atoms with Crippen LogP contribution < -0.4 is 27.0 Å². The molecule has 6 rings (SSSR count). The summed E-state index contributed by atoms with van der Waals surface area (Å²) >= 11 is 0. The summed E-state index contributed by atoms with van der Waals surface area (Å²) in [6.07, 6.45) is 4.87. The molecule has 4 aromatic heterocycles. The number of nitrogens with zero attached hydrogens (tertiary/aromatic N) is 5. The zero-order valence-corrected chi connectivity index (χ0v) is 28.7. The lowest BCUT2D eigenvalue weighted by Gasteiger charge is -2.09. The van der Waals surface area contributed by atoms with Crippen LogP contribution in [0.15, 0.2) is 91.4 Å². The quantitative estimate of drug-likeness (QED) is 0.0602. The van der Waals surface area contributed by atoms with E-state index in [-0.39, 0.29) is 47.7 Å². The smallest absolute Gasteiger partial charge is 0.271 e. The first-order valence-electron chi connectivity index (χ1n) is 16.9. The fourth-order valence-electron chi connectivity index (χ4n) is 5.23. The molecule has 4 heterocycles. The van der Waals surface area contributed by atoms with E-state index in [0.717, 1.165) is 5.56 Å². The highest BCUT2D eigenvalue weighted by atomic mass is 19.1. The molecule has 0 aliphatic rings. The van der Waals surface area contributed by atoms with E-state index in [1.165, 1.54) is 24.7 Å². The molecule has 0 saturated carbocycles. The fraction of sp³-hybridized carbons (Fsp3) is 0.162. The Morgan fingerprint density at radius 3 is 1.74 bits per heavy atom. The summed E-state index contributed by atoms with van der Waals surface area (Å²) in [7, 11) is 0. The second-order valence-electron chi connectivity index (χ2n) is 11.9. The molecule has 274 valence electrons. The molecule has 0 aliphatic heterocycles. The van der Waals surface area contributed by atoms with Crippen LogP contribution in [0.2, 0.25) is 0 Å². The van der Waals surface area contributed by atoms with E-state index in [0.29, 0.717) is 59.7 Å². The average molecular weight is 731 g/mol. The lowest BCUT2D eigenvalue weighted by molar-refractivity contribution is 0.0930. The van der Waals surface area contributed by atoms with Crippen LogP contribution in [0, 0.1) is 5.95 Å². The number of aromatic amines is 2. The molecule has 54 heavy (non-hydrogen) atoms. The molecule has 0 saturated heterocycles. The van der Waals surface area contributed by atoms with Crippen molar-refractivity contribution in [3.63, 3.8) is 0 Å². The highest BCUT2D eigenvalue weighted by Crippen LogP contribution is 2.25. The van der Waals surface area contributed by atoms with E-state index < -0.39 is 17.8 Å². The highest BCUT2D eigenvalue weighted by molar-refractivity contribution is 5.96. The Morgan fingerprint density at radius 1 is 0.611 bits per heavy atom. The van der Waals surface area contributed by atoms with Gasteiger partial charge in [-0.15, -0.1) is 0 Å². The first kappa shape index (κ1) is 36.5. The van der Waals surface area contributed by atoms with Crippen LogP contribution in [-0.2, 0) is 0 Å². The Bertz CT molecular complexity index is 2260. The minimum absolute atomic E-state index is 0.108. The van der Waals surface area contributed by atoms with E-state index in [1.54, 1.807) is 36.4 Å². The second-order valence-corrected chi connectivity index (χ2v) is 11.9. The highest BCUT2D eigenvalue weighted by Gasteiger charge is 2.16. The standard InChI is InChI=1S/C37H35FN12O4/c38-33-26(34(51)41-12-4-13-42-35(52)29-17-27(47-49-29)23-6-2-1-3-7-23)16-25(19-45-33)22-8-10-24(11-9-22)28-18-30(50-48-28)36(53)43-14-5-15-44-37(54)31-20-40-21-32(39)46-31/h1-3,6-11,16-21H,4-5,12-15H2,(H2,39,46)(H,41,51)(H,42,52)(H,43,53)(H,44,54)(H,47,49)(H,48,50). The molecule has 17 heteroatoms. The van der Waals surface area contributed by atoms with Gasteiger partial charge >= 0.3 is 0 Å². The number of benzene rings is 2. The summed E-state index contributed by atoms with van der Waals surface area (Å²) in [6, 6.07) is 21.3. The number of nitrogen functional groups attached to an aromatic ring is 1. The Hall–Kier alpha value is -7.30. The van der Waals surface area contributed by atoms with Gasteiger partial charge in [0.05, 0.1) is 29.3 Å². The molecule has 0 bridgehead atoms. The van der Waals surface area contributed by atoms with E-state index in [9.17, 15) is 23.6 Å². The molecule has 0 unspecified atom stereocenters. The van der Waals surface area contributed by atoms with Gasteiger partial charge in [0.2, 0.25) is 5.95 Å². The van der Waals surface area contributed by atoms with Gasteiger partial charge in [0.1, 0.15) is 22.9 Å². The number of pyridine rings is 1. The lowest BCUT2D eigenvalue weighted by Crippen LogP contribution is -2.30. The molecule has 0 aliphatic carbocycles. The van der Waals surface area contributed by atoms with Crippen LogP contribution >= 0.6 is 0 Å². The summed E-state index contributed by atoms with van der Waals surface area (Å²) in [5, 5.41) is 24.8. The molecule has 0 atom stereocenters. The first-order valence-corrected chi connectivity index (χ1v) is 16.9. The molecule has 2 aromatic carbocycles. The largest absolute Gasteiger partial charge is 0.382 e. The van der Waals surface area contributed by atoms with Crippen LogP contribution in [0.5, 0.6) is 0 Å². The molecule has 6 aromatic rings. The van der Waals surface area contributed by atoms with Crippen LogP contribution in [0.25, 0.3) is 33.6 Å². The van der Waals surface area contributed by atoms with Gasteiger partial charge in [-0.2, -0.15) is 14.6 Å². The van der Waals surface area contributed by atoms with E-state index in [1.807, 2.05) is 30.3 Å². The number of rotatable bonds is 15. The zero-order valence-electron chi connectivity index (χ0n) is 28.7. The van der Waals surface area contributed by atoms with Gasteiger partial charge in [-0.05, 0) is 36.6 Å². The number of hydrogen-bond acceptors (Lipinski definition) is 10. The number of nitrogens with one attached hydrogen (secondary N) is 6. The number of H-pyrrole nitrogens is 2. The predicted molar refractivity (Wildman–Crippen MR) is 196 cm³/mol. The topological polar surface area (TPSA) is 238 Å². The number of aromatic nitrogens is 7. The summed E-state index contributed by atoms with van der Waals surface area (Å²) in [4.78, 5) is 61.6.